The van der Waals surface area contributed by atoms with Gasteiger partial charge in [-0.2, -0.15) is 0 Å². The lowest BCUT2D eigenvalue weighted by atomic mass is 9.99. The Morgan fingerprint density at radius 1 is 1.33 bits per heavy atom. The van der Waals surface area contributed by atoms with Gasteiger partial charge in [0.05, 0.1) is 0 Å². The molecule has 3 nitrogen and oxygen atoms in total. The van der Waals surface area contributed by atoms with Crippen molar-refractivity contribution in [3.8, 4) is 0 Å². The minimum Gasteiger partial charge on any atom is -0.349 e. The zero-order chi connectivity index (χ0) is 11.9. The van der Waals surface area contributed by atoms with Crippen molar-refractivity contribution < 1.29 is 4.79 Å². The molecule has 0 rings (SSSR count). The summed E-state index contributed by atoms with van der Waals surface area (Å²) in [5.41, 5.74) is 0.204. The van der Waals surface area contributed by atoms with Gasteiger partial charge >= 0.3 is 0 Å². The molecule has 0 spiro atoms. The fourth-order valence-corrected chi connectivity index (χ4v) is 1.60. The highest BCUT2D eigenvalue weighted by molar-refractivity contribution is 5.75. The molecule has 3 heteroatoms. The summed E-state index contributed by atoms with van der Waals surface area (Å²) >= 11 is 0. The first kappa shape index (κ1) is 14.4. The van der Waals surface area contributed by atoms with Crippen LogP contribution in [-0.2, 0) is 4.79 Å². The predicted molar refractivity (Wildman–Crippen MR) is 64.9 cm³/mol. The lowest BCUT2D eigenvalue weighted by molar-refractivity contribution is -0.128. The molecule has 90 valence electrons. The van der Waals surface area contributed by atoms with Crippen molar-refractivity contribution in [1.29, 1.82) is 0 Å². The second-order valence-corrected chi connectivity index (χ2v) is 4.95. The third-order valence-electron chi connectivity index (χ3n) is 2.54. The Bertz CT molecular complexity index is 188. The van der Waals surface area contributed by atoms with E-state index in [1.165, 1.54) is 12.8 Å². The molecule has 0 aromatic rings. The summed E-state index contributed by atoms with van der Waals surface area (Å²) in [5.74, 6) is 0.213. The van der Waals surface area contributed by atoms with Crippen LogP contribution in [0.4, 0.5) is 0 Å². The fraction of sp³-hybridized carbons (Fsp3) is 0.917. The zero-order valence-electron chi connectivity index (χ0n) is 10.9. The minimum atomic E-state index is 0.204. The Morgan fingerprint density at radius 2 is 1.93 bits per heavy atom. The number of amides is 1. The fourth-order valence-electron chi connectivity index (χ4n) is 1.60. The molecule has 0 atom stereocenters. The number of carbonyl (C=O) groups is 1. The van der Waals surface area contributed by atoms with E-state index in [4.69, 9.17) is 0 Å². The number of nitrogens with one attached hydrogen (secondary N) is 1. The van der Waals surface area contributed by atoms with E-state index in [-0.39, 0.29) is 11.4 Å². The Morgan fingerprint density at radius 3 is 2.40 bits per heavy atom. The molecule has 0 aliphatic heterocycles. The zero-order valence-corrected chi connectivity index (χ0v) is 10.9. The maximum absolute atomic E-state index is 11.3. The van der Waals surface area contributed by atoms with Crippen molar-refractivity contribution in [3.05, 3.63) is 0 Å². The lowest BCUT2D eigenvalue weighted by Gasteiger charge is -2.25. The van der Waals surface area contributed by atoms with Gasteiger partial charge in [0, 0.05) is 26.1 Å². The van der Waals surface area contributed by atoms with Gasteiger partial charge in [-0.3, -0.25) is 4.79 Å². The maximum Gasteiger partial charge on any atom is 0.222 e. The highest BCUT2D eigenvalue weighted by Crippen LogP contribution is 2.10. The second-order valence-electron chi connectivity index (χ2n) is 4.95. The number of nitrogens with zero attached hydrogens (tertiary/aromatic N) is 1. The lowest BCUT2D eigenvalue weighted by Crippen LogP contribution is -2.39. The first-order valence-electron chi connectivity index (χ1n) is 5.84. The standard InChI is InChI=1S/C12H26N2O/c1-6-9-12(2,3)13-10-7-8-11(15)14(4)5/h13H,6-10H2,1-5H3. The monoisotopic (exact) mass is 214 g/mol. The SMILES string of the molecule is CCCC(C)(C)NCCCC(=O)N(C)C. The number of rotatable bonds is 7. The van der Waals surface area contributed by atoms with E-state index >= 15 is 0 Å². The molecule has 0 aromatic carbocycles. The van der Waals surface area contributed by atoms with Gasteiger partial charge in [0.15, 0.2) is 0 Å². The Labute approximate surface area is 94.2 Å². The van der Waals surface area contributed by atoms with Crippen LogP contribution in [0.25, 0.3) is 0 Å². The van der Waals surface area contributed by atoms with Gasteiger partial charge in [-0.15, -0.1) is 0 Å². The third-order valence-corrected chi connectivity index (χ3v) is 2.54. The number of hydrogen-bond donors (Lipinski definition) is 1. The highest BCUT2D eigenvalue weighted by Gasteiger charge is 2.14. The molecule has 0 aromatic heterocycles. The molecule has 0 fully saturated rings. The molecule has 15 heavy (non-hydrogen) atoms. The van der Waals surface area contributed by atoms with Crippen molar-refractivity contribution >= 4 is 5.91 Å². The summed E-state index contributed by atoms with van der Waals surface area (Å²) in [4.78, 5) is 12.9. The molecule has 0 aliphatic rings. The summed E-state index contributed by atoms with van der Waals surface area (Å²) < 4.78 is 0. The van der Waals surface area contributed by atoms with Gasteiger partial charge in [-0.1, -0.05) is 13.3 Å². The van der Waals surface area contributed by atoms with Crippen molar-refractivity contribution in [2.24, 2.45) is 0 Å². The van der Waals surface area contributed by atoms with Gasteiger partial charge < -0.3 is 10.2 Å². The highest BCUT2D eigenvalue weighted by atomic mass is 16.2. The first-order chi connectivity index (χ1) is 6.89. The summed E-state index contributed by atoms with van der Waals surface area (Å²) in [6, 6.07) is 0. The molecule has 0 radical (unpaired) electrons. The van der Waals surface area contributed by atoms with E-state index in [0.717, 1.165) is 13.0 Å². The topological polar surface area (TPSA) is 32.3 Å². The van der Waals surface area contributed by atoms with E-state index < -0.39 is 0 Å². The maximum atomic E-state index is 11.3. The largest absolute Gasteiger partial charge is 0.349 e. The van der Waals surface area contributed by atoms with Crippen LogP contribution in [0.5, 0.6) is 0 Å². The Balaban J connectivity index is 3.58. The van der Waals surface area contributed by atoms with Crippen LogP contribution < -0.4 is 5.32 Å². The summed E-state index contributed by atoms with van der Waals surface area (Å²) in [6.45, 7) is 7.54. The summed E-state index contributed by atoms with van der Waals surface area (Å²) in [7, 11) is 3.60. The summed E-state index contributed by atoms with van der Waals surface area (Å²) in [5, 5.41) is 3.48. The van der Waals surface area contributed by atoms with E-state index in [0.29, 0.717) is 6.42 Å². The van der Waals surface area contributed by atoms with Gasteiger partial charge in [-0.25, -0.2) is 0 Å². The van der Waals surface area contributed by atoms with Crippen molar-refractivity contribution in [3.63, 3.8) is 0 Å². The van der Waals surface area contributed by atoms with Crippen LogP contribution in [-0.4, -0.2) is 37.0 Å². The molecule has 0 bridgehead atoms. The predicted octanol–water partition coefficient (Wildman–Crippen LogP) is 2.02. The van der Waals surface area contributed by atoms with Crippen molar-refractivity contribution in [2.45, 2.75) is 52.0 Å². The van der Waals surface area contributed by atoms with Crippen LogP contribution in [0, 0.1) is 0 Å². The molecule has 0 saturated heterocycles. The van der Waals surface area contributed by atoms with Gasteiger partial charge in [0.2, 0.25) is 5.91 Å². The van der Waals surface area contributed by atoms with E-state index in [9.17, 15) is 4.79 Å². The molecule has 1 amide bonds. The van der Waals surface area contributed by atoms with Gasteiger partial charge in [-0.05, 0) is 33.2 Å². The van der Waals surface area contributed by atoms with E-state index in [1.807, 2.05) is 0 Å². The molecule has 0 heterocycles. The van der Waals surface area contributed by atoms with E-state index in [2.05, 4.69) is 26.1 Å². The number of carbonyl (C=O) groups excluding carboxylic acids is 1. The molecular formula is C12H26N2O. The van der Waals surface area contributed by atoms with Crippen LogP contribution in [0.3, 0.4) is 0 Å². The smallest absolute Gasteiger partial charge is 0.222 e. The van der Waals surface area contributed by atoms with Gasteiger partial charge in [0.25, 0.3) is 0 Å². The Hall–Kier alpha value is -0.570. The molecule has 0 unspecified atom stereocenters. The van der Waals surface area contributed by atoms with Gasteiger partial charge in [0.1, 0.15) is 0 Å². The average Bonchev–Trinajstić information content (AvgIpc) is 2.11. The third kappa shape index (κ3) is 7.37. The average molecular weight is 214 g/mol. The van der Waals surface area contributed by atoms with Crippen molar-refractivity contribution in [2.75, 3.05) is 20.6 Å². The van der Waals surface area contributed by atoms with Crippen LogP contribution >= 0.6 is 0 Å². The molecule has 0 aliphatic carbocycles. The first-order valence-corrected chi connectivity index (χ1v) is 5.84. The number of hydrogen-bond acceptors (Lipinski definition) is 2. The summed E-state index contributed by atoms with van der Waals surface area (Å²) in [6.07, 6.45) is 3.93. The van der Waals surface area contributed by atoms with Crippen LogP contribution in [0.15, 0.2) is 0 Å². The molecular weight excluding hydrogens is 188 g/mol. The quantitative estimate of drug-likeness (QED) is 0.658. The van der Waals surface area contributed by atoms with Crippen LogP contribution in [0.2, 0.25) is 0 Å². The van der Waals surface area contributed by atoms with Crippen molar-refractivity contribution in [1.82, 2.24) is 10.2 Å². The molecule has 0 saturated carbocycles. The Kier molecular flexibility index (Phi) is 6.57. The normalized spacial score (nSPS) is 11.5. The van der Waals surface area contributed by atoms with Crippen LogP contribution in [0.1, 0.15) is 46.5 Å². The van der Waals surface area contributed by atoms with E-state index in [1.54, 1.807) is 19.0 Å². The minimum absolute atomic E-state index is 0.204. The second kappa shape index (κ2) is 6.83. The molecule has 1 N–H and O–H groups in total.